The molecule has 2 aromatic carbocycles. The SMILES string of the molecule is O=C(CSC(=S)N1CCCCC1)c1cc2ccc1CCc1ccc(cc1)CC2. The number of hydrogen-bond acceptors (Lipinski definition) is 3. The Labute approximate surface area is 177 Å². The van der Waals surface area contributed by atoms with Gasteiger partial charge in [0.05, 0.1) is 5.75 Å². The average molecular weight is 410 g/mol. The lowest BCUT2D eigenvalue weighted by Gasteiger charge is -2.28. The Kier molecular flexibility index (Phi) is 6.48. The van der Waals surface area contributed by atoms with E-state index in [9.17, 15) is 4.79 Å². The lowest BCUT2D eigenvalue weighted by Crippen LogP contribution is -2.33. The van der Waals surface area contributed by atoms with Crippen molar-refractivity contribution in [1.82, 2.24) is 4.90 Å². The van der Waals surface area contributed by atoms with E-state index in [1.165, 1.54) is 41.5 Å². The van der Waals surface area contributed by atoms with Crippen molar-refractivity contribution in [1.29, 1.82) is 0 Å². The van der Waals surface area contributed by atoms with E-state index >= 15 is 0 Å². The molecule has 4 heteroatoms. The van der Waals surface area contributed by atoms with Crippen molar-refractivity contribution < 1.29 is 4.79 Å². The molecule has 2 aromatic rings. The fraction of sp³-hybridized carbons (Fsp3) is 0.417. The number of ketones is 1. The van der Waals surface area contributed by atoms with Crippen molar-refractivity contribution in [2.24, 2.45) is 0 Å². The number of likely N-dealkylation sites (tertiary alicyclic amines) is 1. The maximum absolute atomic E-state index is 13.1. The van der Waals surface area contributed by atoms with Crippen molar-refractivity contribution in [2.45, 2.75) is 44.9 Å². The number of carbonyl (C=O) groups is 1. The number of piperidine rings is 1. The van der Waals surface area contributed by atoms with Crippen LogP contribution in [0.15, 0.2) is 42.5 Å². The summed E-state index contributed by atoms with van der Waals surface area (Å²) in [4.78, 5) is 15.3. The van der Waals surface area contributed by atoms with Crippen LogP contribution < -0.4 is 0 Å². The molecule has 0 atom stereocenters. The maximum Gasteiger partial charge on any atom is 0.173 e. The van der Waals surface area contributed by atoms with Crippen LogP contribution in [0.25, 0.3) is 0 Å². The van der Waals surface area contributed by atoms with Gasteiger partial charge in [0.15, 0.2) is 5.78 Å². The molecule has 1 aliphatic heterocycles. The topological polar surface area (TPSA) is 20.3 Å². The summed E-state index contributed by atoms with van der Waals surface area (Å²) >= 11 is 7.13. The molecule has 0 N–H and O–H groups in total. The van der Waals surface area contributed by atoms with E-state index < -0.39 is 0 Å². The molecule has 1 fully saturated rings. The molecule has 28 heavy (non-hydrogen) atoms. The van der Waals surface area contributed by atoms with Crippen LogP contribution in [0.4, 0.5) is 0 Å². The van der Waals surface area contributed by atoms with Crippen molar-refractivity contribution in [2.75, 3.05) is 18.8 Å². The van der Waals surface area contributed by atoms with Gasteiger partial charge in [-0.3, -0.25) is 4.79 Å². The number of Topliss-reactive ketones (excluding diaryl/α,β-unsaturated/α-hetero) is 1. The molecule has 1 heterocycles. The first-order valence-corrected chi connectivity index (χ1v) is 11.7. The van der Waals surface area contributed by atoms with E-state index in [0.29, 0.717) is 5.75 Å². The van der Waals surface area contributed by atoms with Crippen LogP contribution in [-0.2, 0) is 25.7 Å². The Bertz CT molecular complexity index is 853. The van der Waals surface area contributed by atoms with Gasteiger partial charge in [0.1, 0.15) is 4.32 Å². The van der Waals surface area contributed by atoms with E-state index in [2.05, 4.69) is 47.4 Å². The zero-order chi connectivity index (χ0) is 19.3. The van der Waals surface area contributed by atoms with Gasteiger partial charge in [0.25, 0.3) is 0 Å². The Morgan fingerprint density at radius 2 is 1.46 bits per heavy atom. The highest BCUT2D eigenvalue weighted by Gasteiger charge is 2.18. The second-order valence-electron chi connectivity index (χ2n) is 7.83. The summed E-state index contributed by atoms with van der Waals surface area (Å²) < 4.78 is 0.889. The van der Waals surface area contributed by atoms with E-state index in [1.54, 1.807) is 11.8 Å². The molecule has 0 aromatic heterocycles. The summed E-state index contributed by atoms with van der Waals surface area (Å²) in [6.45, 7) is 2.08. The number of benzene rings is 2. The lowest BCUT2D eigenvalue weighted by molar-refractivity contribution is 0.102. The van der Waals surface area contributed by atoms with Gasteiger partial charge < -0.3 is 4.90 Å². The Balaban J connectivity index is 1.47. The van der Waals surface area contributed by atoms with Crippen LogP contribution in [0.3, 0.4) is 0 Å². The van der Waals surface area contributed by atoms with Gasteiger partial charge in [-0.2, -0.15) is 0 Å². The molecular formula is C24H27NOS2. The second kappa shape index (κ2) is 9.23. The van der Waals surface area contributed by atoms with Gasteiger partial charge in [0, 0.05) is 18.7 Å². The van der Waals surface area contributed by atoms with Crippen LogP contribution in [0, 0.1) is 0 Å². The predicted molar refractivity (Wildman–Crippen MR) is 123 cm³/mol. The van der Waals surface area contributed by atoms with E-state index in [1.807, 2.05) is 0 Å². The summed E-state index contributed by atoms with van der Waals surface area (Å²) in [7, 11) is 0. The van der Waals surface area contributed by atoms with Crippen molar-refractivity contribution in [3.05, 3.63) is 70.3 Å². The first kappa shape index (κ1) is 19.7. The maximum atomic E-state index is 13.1. The molecule has 2 nitrogen and oxygen atoms in total. The third-order valence-electron chi connectivity index (χ3n) is 5.82. The number of rotatable bonds is 3. The molecule has 4 bridgehead atoms. The molecule has 0 spiro atoms. The lowest BCUT2D eigenvalue weighted by atomic mass is 9.92. The van der Waals surface area contributed by atoms with Gasteiger partial charge in [0.2, 0.25) is 0 Å². The van der Waals surface area contributed by atoms with E-state index in [4.69, 9.17) is 12.2 Å². The van der Waals surface area contributed by atoms with Gasteiger partial charge in [-0.1, -0.05) is 60.4 Å². The normalized spacial score (nSPS) is 16.5. The second-order valence-corrected chi connectivity index (χ2v) is 9.44. The van der Waals surface area contributed by atoms with Crippen LogP contribution in [0.2, 0.25) is 0 Å². The van der Waals surface area contributed by atoms with Crippen LogP contribution in [0.1, 0.15) is 51.9 Å². The summed E-state index contributed by atoms with van der Waals surface area (Å²) in [6, 6.07) is 15.5. The summed E-state index contributed by atoms with van der Waals surface area (Å²) in [5.41, 5.74) is 6.03. The van der Waals surface area contributed by atoms with Crippen LogP contribution >= 0.6 is 24.0 Å². The Hall–Kier alpha value is -1.65. The Morgan fingerprint density at radius 3 is 2.18 bits per heavy atom. The average Bonchev–Trinajstić information content (AvgIpc) is 2.74. The highest BCUT2D eigenvalue weighted by atomic mass is 32.2. The molecule has 0 unspecified atom stereocenters. The minimum Gasteiger partial charge on any atom is -0.358 e. The molecule has 7 rings (SSSR count). The third-order valence-corrected chi connectivity index (χ3v) is 7.35. The Morgan fingerprint density at radius 1 is 0.857 bits per heavy atom. The van der Waals surface area contributed by atoms with Crippen LogP contribution in [-0.4, -0.2) is 33.8 Å². The quantitative estimate of drug-likeness (QED) is 0.509. The first-order chi connectivity index (χ1) is 13.7. The number of thiocarbonyl (C=S) groups is 1. The summed E-state index contributed by atoms with van der Waals surface area (Å²) in [6.07, 6.45) is 7.58. The minimum absolute atomic E-state index is 0.215. The fourth-order valence-corrected chi connectivity index (χ4v) is 5.20. The summed E-state index contributed by atoms with van der Waals surface area (Å²) in [5, 5.41) is 0. The van der Waals surface area contributed by atoms with Gasteiger partial charge in [-0.05, 0) is 73.3 Å². The number of carbonyl (C=O) groups excluding carboxylic acids is 1. The first-order valence-electron chi connectivity index (χ1n) is 10.3. The molecular weight excluding hydrogens is 382 g/mol. The third kappa shape index (κ3) is 4.84. The summed E-state index contributed by atoms with van der Waals surface area (Å²) in [5.74, 6) is 0.659. The number of thioether (sulfide) groups is 1. The monoisotopic (exact) mass is 409 g/mol. The van der Waals surface area contributed by atoms with Gasteiger partial charge >= 0.3 is 0 Å². The molecule has 0 amide bonds. The zero-order valence-electron chi connectivity index (χ0n) is 16.3. The predicted octanol–water partition coefficient (Wildman–Crippen LogP) is 5.26. The number of hydrogen-bond donors (Lipinski definition) is 0. The standard InChI is InChI=1S/C24H27NOS2/c26-23(17-28-24(27)25-14-2-1-3-15-25)22-16-20-9-8-18-4-6-19(7-5-18)10-12-21(22)13-11-20/h4-7,11,13,16H,1-3,8-10,12,14-15,17H2. The zero-order valence-corrected chi connectivity index (χ0v) is 17.9. The largest absolute Gasteiger partial charge is 0.358 e. The highest BCUT2D eigenvalue weighted by molar-refractivity contribution is 8.23. The highest BCUT2D eigenvalue weighted by Crippen LogP contribution is 2.22. The molecule has 1 saturated heterocycles. The molecule has 0 radical (unpaired) electrons. The van der Waals surface area contributed by atoms with Crippen molar-refractivity contribution in [3.63, 3.8) is 0 Å². The van der Waals surface area contributed by atoms with Crippen LogP contribution in [0.5, 0.6) is 0 Å². The molecule has 146 valence electrons. The van der Waals surface area contributed by atoms with E-state index in [0.717, 1.165) is 48.7 Å². The smallest absolute Gasteiger partial charge is 0.173 e. The molecule has 4 aliphatic carbocycles. The molecule has 5 aliphatic rings. The fourth-order valence-electron chi connectivity index (χ4n) is 4.07. The van der Waals surface area contributed by atoms with Crippen molar-refractivity contribution in [3.8, 4) is 0 Å². The van der Waals surface area contributed by atoms with Gasteiger partial charge in [-0.25, -0.2) is 0 Å². The van der Waals surface area contributed by atoms with Crippen molar-refractivity contribution >= 4 is 34.1 Å². The number of nitrogens with zero attached hydrogens (tertiary/aromatic N) is 1. The van der Waals surface area contributed by atoms with E-state index in [-0.39, 0.29) is 5.78 Å². The molecule has 0 saturated carbocycles. The number of aryl methyl sites for hydroxylation is 4. The van der Waals surface area contributed by atoms with Gasteiger partial charge in [-0.15, -0.1) is 0 Å². The minimum atomic E-state index is 0.215.